The molecule has 0 aliphatic heterocycles. The fourth-order valence-electron chi connectivity index (χ4n) is 2.34. The molecule has 0 bridgehead atoms. The predicted molar refractivity (Wildman–Crippen MR) is 82.2 cm³/mol. The van der Waals surface area contributed by atoms with Gasteiger partial charge in [0.05, 0.1) is 15.9 Å². The highest BCUT2D eigenvalue weighted by atomic mass is 79.9. The Balaban J connectivity index is 2.10. The molecule has 1 atom stereocenters. The molecule has 0 aliphatic rings. The van der Waals surface area contributed by atoms with Crippen molar-refractivity contribution in [3.05, 3.63) is 51.3 Å². The Morgan fingerprint density at radius 3 is 2.53 bits per heavy atom. The van der Waals surface area contributed by atoms with Crippen molar-refractivity contribution in [2.24, 2.45) is 12.8 Å². The van der Waals surface area contributed by atoms with Gasteiger partial charge in [0.1, 0.15) is 0 Å². The van der Waals surface area contributed by atoms with Gasteiger partial charge < -0.3 is 5.73 Å². The van der Waals surface area contributed by atoms with Crippen LogP contribution >= 0.6 is 15.9 Å². The van der Waals surface area contributed by atoms with E-state index < -0.39 is 0 Å². The van der Waals surface area contributed by atoms with Crippen LogP contribution in [0.3, 0.4) is 0 Å². The standard InChI is InChI=1S/C15H20BrN3/c1-10-6-4-5-7-12(10)8-13(17)9-14-15(16)11(2)18-19(14)3/h4-7,13H,8-9,17H2,1-3H3. The van der Waals surface area contributed by atoms with Gasteiger partial charge in [-0.2, -0.15) is 5.10 Å². The molecule has 1 heterocycles. The van der Waals surface area contributed by atoms with E-state index in [0.29, 0.717) is 0 Å². The van der Waals surface area contributed by atoms with Crippen molar-refractivity contribution in [2.45, 2.75) is 32.7 Å². The SMILES string of the molecule is Cc1ccccc1CC(N)Cc1c(Br)c(C)nn1C. The second kappa shape index (κ2) is 5.88. The average Bonchev–Trinajstić information content (AvgIpc) is 2.59. The summed E-state index contributed by atoms with van der Waals surface area (Å²) in [7, 11) is 1.97. The summed E-state index contributed by atoms with van der Waals surface area (Å²) in [4.78, 5) is 0. The predicted octanol–water partition coefficient (Wildman–Crippen LogP) is 2.91. The van der Waals surface area contributed by atoms with E-state index >= 15 is 0 Å². The van der Waals surface area contributed by atoms with Crippen molar-refractivity contribution in [1.82, 2.24) is 9.78 Å². The molecule has 1 aromatic carbocycles. The van der Waals surface area contributed by atoms with Gasteiger partial charge in [0.25, 0.3) is 0 Å². The number of nitrogens with two attached hydrogens (primary N) is 1. The maximum atomic E-state index is 6.29. The van der Waals surface area contributed by atoms with Crippen molar-refractivity contribution in [3.8, 4) is 0 Å². The molecule has 102 valence electrons. The third-order valence-corrected chi connectivity index (χ3v) is 4.49. The maximum Gasteiger partial charge on any atom is 0.0738 e. The lowest BCUT2D eigenvalue weighted by molar-refractivity contribution is 0.610. The first-order valence-electron chi connectivity index (χ1n) is 6.47. The zero-order valence-corrected chi connectivity index (χ0v) is 13.2. The Bertz CT molecular complexity index is 575. The second-order valence-corrected chi connectivity index (χ2v) is 5.86. The Kier molecular flexibility index (Phi) is 4.42. The maximum absolute atomic E-state index is 6.29. The summed E-state index contributed by atoms with van der Waals surface area (Å²) in [5.74, 6) is 0. The summed E-state index contributed by atoms with van der Waals surface area (Å²) in [6, 6.07) is 8.52. The summed E-state index contributed by atoms with van der Waals surface area (Å²) in [5.41, 5.74) is 11.1. The summed E-state index contributed by atoms with van der Waals surface area (Å²) < 4.78 is 2.99. The lowest BCUT2D eigenvalue weighted by Crippen LogP contribution is -2.27. The van der Waals surface area contributed by atoms with Gasteiger partial charge in [-0.25, -0.2) is 0 Å². The van der Waals surface area contributed by atoms with Crippen LogP contribution in [-0.4, -0.2) is 15.8 Å². The van der Waals surface area contributed by atoms with Crippen molar-refractivity contribution in [3.63, 3.8) is 0 Å². The van der Waals surface area contributed by atoms with Crippen LogP contribution in [0.25, 0.3) is 0 Å². The van der Waals surface area contributed by atoms with Gasteiger partial charge in [0.15, 0.2) is 0 Å². The average molecular weight is 322 g/mol. The molecule has 0 radical (unpaired) electrons. The number of nitrogens with zero attached hydrogens (tertiary/aromatic N) is 2. The van der Waals surface area contributed by atoms with E-state index in [1.165, 1.54) is 16.8 Å². The van der Waals surface area contributed by atoms with Crippen molar-refractivity contribution in [1.29, 1.82) is 0 Å². The molecule has 0 saturated carbocycles. The molecule has 0 fully saturated rings. The summed E-state index contributed by atoms with van der Waals surface area (Å²) in [5, 5.41) is 4.40. The minimum atomic E-state index is 0.104. The zero-order chi connectivity index (χ0) is 14.0. The Labute approximate surface area is 122 Å². The molecular formula is C15H20BrN3. The quantitative estimate of drug-likeness (QED) is 0.941. The van der Waals surface area contributed by atoms with Gasteiger partial charge in [-0.3, -0.25) is 4.68 Å². The van der Waals surface area contributed by atoms with Crippen LogP contribution in [-0.2, 0) is 19.9 Å². The Morgan fingerprint density at radius 2 is 1.95 bits per heavy atom. The molecule has 2 rings (SSSR count). The molecule has 3 nitrogen and oxygen atoms in total. The fraction of sp³-hybridized carbons (Fsp3) is 0.400. The molecule has 0 aliphatic carbocycles. The van der Waals surface area contributed by atoms with Gasteiger partial charge in [-0.1, -0.05) is 24.3 Å². The summed E-state index contributed by atoms with van der Waals surface area (Å²) in [6.45, 7) is 4.13. The Hall–Kier alpha value is -1.13. The van der Waals surface area contributed by atoms with Gasteiger partial charge >= 0.3 is 0 Å². The van der Waals surface area contributed by atoms with Crippen LogP contribution in [0.4, 0.5) is 0 Å². The first-order chi connectivity index (χ1) is 8.99. The molecule has 0 saturated heterocycles. The number of halogens is 1. The zero-order valence-electron chi connectivity index (χ0n) is 11.7. The van der Waals surface area contributed by atoms with Crippen molar-refractivity contribution >= 4 is 15.9 Å². The van der Waals surface area contributed by atoms with Crippen molar-refractivity contribution < 1.29 is 0 Å². The molecule has 0 amide bonds. The normalized spacial score (nSPS) is 12.7. The highest BCUT2D eigenvalue weighted by Crippen LogP contribution is 2.22. The van der Waals surface area contributed by atoms with Crippen LogP contribution in [0.5, 0.6) is 0 Å². The molecule has 1 unspecified atom stereocenters. The van der Waals surface area contributed by atoms with E-state index in [1.807, 2.05) is 18.7 Å². The molecule has 2 N–H and O–H groups in total. The van der Waals surface area contributed by atoms with Crippen LogP contribution in [0, 0.1) is 13.8 Å². The third kappa shape index (κ3) is 3.25. The minimum absolute atomic E-state index is 0.104. The van der Waals surface area contributed by atoms with Gasteiger partial charge in [0, 0.05) is 19.5 Å². The van der Waals surface area contributed by atoms with Gasteiger partial charge in [0.2, 0.25) is 0 Å². The molecule has 19 heavy (non-hydrogen) atoms. The molecule has 2 aromatic rings. The molecule has 1 aromatic heterocycles. The van der Waals surface area contributed by atoms with E-state index in [9.17, 15) is 0 Å². The second-order valence-electron chi connectivity index (χ2n) is 5.06. The highest BCUT2D eigenvalue weighted by Gasteiger charge is 2.15. The lowest BCUT2D eigenvalue weighted by Gasteiger charge is -2.14. The topological polar surface area (TPSA) is 43.8 Å². The molecular weight excluding hydrogens is 302 g/mol. The fourth-order valence-corrected chi connectivity index (χ4v) is 2.84. The van der Waals surface area contributed by atoms with Gasteiger partial charge in [-0.15, -0.1) is 0 Å². The first-order valence-corrected chi connectivity index (χ1v) is 7.26. The van der Waals surface area contributed by atoms with Crippen LogP contribution in [0.1, 0.15) is 22.5 Å². The molecule has 4 heteroatoms. The van der Waals surface area contributed by atoms with E-state index in [1.54, 1.807) is 0 Å². The van der Waals surface area contributed by atoms with Gasteiger partial charge in [-0.05, 0) is 47.3 Å². The highest BCUT2D eigenvalue weighted by molar-refractivity contribution is 9.10. The van der Waals surface area contributed by atoms with E-state index in [-0.39, 0.29) is 6.04 Å². The Morgan fingerprint density at radius 1 is 1.26 bits per heavy atom. The number of benzene rings is 1. The van der Waals surface area contributed by atoms with Crippen LogP contribution < -0.4 is 5.73 Å². The van der Waals surface area contributed by atoms with E-state index in [4.69, 9.17) is 5.73 Å². The number of hydrogen-bond donors (Lipinski definition) is 1. The summed E-state index contributed by atoms with van der Waals surface area (Å²) >= 11 is 3.59. The minimum Gasteiger partial charge on any atom is -0.327 e. The van der Waals surface area contributed by atoms with Crippen molar-refractivity contribution in [2.75, 3.05) is 0 Å². The number of aryl methyl sites for hydroxylation is 3. The summed E-state index contributed by atoms with van der Waals surface area (Å²) in [6.07, 6.45) is 1.72. The third-order valence-electron chi connectivity index (χ3n) is 3.46. The number of aromatic nitrogens is 2. The first kappa shape index (κ1) is 14.3. The largest absolute Gasteiger partial charge is 0.327 e. The smallest absolute Gasteiger partial charge is 0.0738 e. The van der Waals surface area contributed by atoms with E-state index in [2.05, 4.69) is 52.2 Å². The number of hydrogen-bond acceptors (Lipinski definition) is 2. The number of rotatable bonds is 4. The van der Waals surface area contributed by atoms with Crippen LogP contribution in [0.2, 0.25) is 0 Å². The molecule has 0 spiro atoms. The monoisotopic (exact) mass is 321 g/mol. The van der Waals surface area contributed by atoms with E-state index in [0.717, 1.165) is 23.0 Å². The van der Waals surface area contributed by atoms with Crippen LogP contribution in [0.15, 0.2) is 28.7 Å². The lowest BCUT2D eigenvalue weighted by atomic mass is 9.99.